The average molecular weight is 376 g/mol. The molecule has 1 heterocycles. The van der Waals surface area contributed by atoms with E-state index in [1.165, 1.54) is 11.0 Å². The number of primary amides is 1. The second-order valence-electron chi connectivity index (χ2n) is 7.43. The third kappa shape index (κ3) is 3.96. The molecule has 2 N–H and O–H groups in total. The summed E-state index contributed by atoms with van der Waals surface area (Å²) in [6.45, 7) is 0.364. The van der Waals surface area contributed by atoms with Crippen LogP contribution in [0, 0.1) is 11.7 Å². The fourth-order valence-corrected chi connectivity index (χ4v) is 4.20. The van der Waals surface area contributed by atoms with Gasteiger partial charge in [0.15, 0.2) is 6.61 Å². The summed E-state index contributed by atoms with van der Waals surface area (Å²) in [7, 11) is 0. The molecule has 1 saturated heterocycles. The Bertz CT molecular complexity index is 730. The molecule has 146 valence electrons. The van der Waals surface area contributed by atoms with Crippen molar-refractivity contribution in [2.24, 2.45) is 11.7 Å². The van der Waals surface area contributed by atoms with E-state index in [2.05, 4.69) is 0 Å². The van der Waals surface area contributed by atoms with Crippen LogP contribution in [0.5, 0.6) is 0 Å². The monoisotopic (exact) mass is 376 g/mol. The van der Waals surface area contributed by atoms with Crippen LogP contribution in [0.2, 0.25) is 0 Å². The molecule has 1 aliphatic carbocycles. The summed E-state index contributed by atoms with van der Waals surface area (Å²) in [5.74, 6) is -2.12. The molecular formula is C20H25FN2O4. The number of hydrogen-bond donors (Lipinski definition) is 1. The molecule has 7 heteroatoms. The number of amides is 2. The summed E-state index contributed by atoms with van der Waals surface area (Å²) in [6.07, 6.45) is 3.98. The zero-order valence-corrected chi connectivity index (χ0v) is 15.3. The molecule has 2 fully saturated rings. The summed E-state index contributed by atoms with van der Waals surface area (Å²) in [4.78, 5) is 38.1. The first-order valence-corrected chi connectivity index (χ1v) is 9.43. The van der Waals surface area contributed by atoms with E-state index in [-0.39, 0.29) is 18.4 Å². The first-order chi connectivity index (χ1) is 12.9. The van der Waals surface area contributed by atoms with E-state index in [0.29, 0.717) is 37.8 Å². The van der Waals surface area contributed by atoms with Gasteiger partial charge in [-0.15, -0.1) is 0 Å². The molecule has 3 rings (SSSR count). The SMILES string of the molecule is NC(=O)[C@H]1CCCN(C(=O)COC(=O)C2(c3ccccc3F)CCCC2)C1. The molecule has 2 amide bonds. The second-order valence-corrected chi connectivity index (χ2v) is 7.43. The Balaban J connectivity index is 1.66. The fourth-order valence-electron chi connectivity index (χ4n) is 4.20. The van der Waals surface area contributed by atoms with Gasteiger partial charge in [-0.05, 0) is 31.7 Å². The average Bonchev–Trinajstić information content (AvgIpc) is 3.17. The number of esters is 1. The number of nitrogens with zero attached hydrogens (tertiary/aromatic N) is 1. The van der Waals surface area contributed by atoms with E-state index < -0.39 is 29.7 Å². The van der Waals surface area contributed by atoms with E-state index in [1.807, 2.05) is 0 Å². The molecule has 0 aromatic heterocycles. The number of benzene rings is 1. The largest absolute Gasteiger partial charge is 0.455 e. The van der Waals surface area contributed by atoms with Crippen molar-refractivity contribution in [2.75, 3.05) is 19.7 Å². The van der Waals surface area contributed by atoms with E-state index in [0.717, 1.165) is 12.8 Å². The molecule has 1 aromatic carbocycles. The van der Waals surface area contributed by atoms with E-state index in [1.54, 1.807) is 18.2 Å². The summed E-state index contributed by atoms with van der Waals surface area (Å²) < 4.78 is 19.7. The Kier molecular flexibility index (Phi) is 5.77. The van der Waals surface area contributed by atoms with Gasteiger partial charge < -0.3 is 15.4 Å². The smallest absolute Gasteiger partial charge is 0.317 e. The summed E-state index contributed by atoms with van der Waals surface area (Å²) in [5.41, 5.74) is 4.65. The van der Waals surface area contributed by atoms with Crippen molar-refractivity contribution >= 4 is 17.8 Å². The standard InChI is InChI=1S/C20H25FN2O4/c21-16-8-2-1-7-15(16)20(9-3-4-10-20)19(26)27-13-17(24)23-11-5-6-14(12-23)18(22)25/h1-2,7-8,14H,3-6,9-13H2,(H2,22,25)/t14-/m0/s1. The number of nitrogens with two attached hydrogens (primary N) is 1. The van der Waals surface area contributed by atoms with E-state index in [9.17, 15) is 18.8 Å². The molecule has 1 aromatic rings. The van der Waals surface area contributed by atoms with Crippen LogP contribution < -0.4 is 5.73 Å². The molecule has 6 nitrogen and oxygen atoms in total. The van der Waals surface area contributed by atoms with Gasteiger partial charge in [-0.3, -0.25) is 14.4 Å². The Hall–Kier alpha value is -2.44. The van der Waals surface area contributed by atoms with Crippen LogP contribution in [0.25, 0.3) is 0 Å². The number of piperidine rings is 1. The third-order valence-corrected chi connectivity index (χ3v) is 5.74. The molecule has 1 atom stereocenters. The van der Waals surface area contributed by atoms with Crippen molar-refractivity contribution in [2.45, 2.75) is 43.9 Å². The zero-order chi connectivity index (χ0) is 19.4. The summed E-state index contributed by atoms with van der Waals surface area (Å²) in [6, 6.07) is 6.24. The Morgan fingerprint density at radius 1 is 1.19 bits per heavy atom. The van der Waals surface area contributed by atoms with Gasteiger partial charge in [-0.2, -0.15) is 0 Å². The van der Waals surface area contributed by atoms with Crippen molar-refractivity contribution in [3.05, 3.63) is 35.6 Å². The summed E-state index contributed by atoms with van der Waals surface area (Å²) in [5, 5.41) is 0. The number of carbonyl (C=O) groups excluding carboxylic acids is 3. The Morgan fingerprint density at radius 2 is 1.89 bits per heavy atom. The lowest BCUT2D eigenvalue weighted by Gasteiger charge is -2.32. The van der Waals surface area contributed by atoms with Crippen molar-refractivity contribution in [3.8, 4) is 0 Å². The van der Waals surface area contributed by atoms with Crippen molar-refractivity contribution in [3.63, 3.8) is 0 Å². The van der Waals surface area contributed by atoms with Gasteiger partial charge in [-0.1, -0.05) is 31.0 Å². The van der Waals surface area contributed by atoms with Gasteiger partial charge >= 0.3 is 5.97 Å². The second kappa shape index (κ2) is 8.06. The van der Waals surface area contributed by atoms with Crippen molar-refractivity contribution < 1.29 is 23.5 Å². The highest BCUT2D eigenvalue weighted by atomic mass is 19.1. The molecule has 27 heavy (non-hydrogen) atoms. The maximum atomic E-state index is 14.3. The molecular weight excluding hydrogens is 351 g/mol. The predicted molar refractivity (Wildman–Crippen MR) is 96.0 cm³/mol. The first-order valence-electron chi connectivity index (χ1n) is 9.43. The number of halogens is 1. The number of carbonyl (C=O) groups is 3. The lowest BCUT2D eigenvalue weighted by molar-refractivity contribution is -0.158. The summed E-state index contributed by atoms with van der Waals surface area (Å²) >= 11 is 0. The van der Waals surface area contributed by atoms with Crippen molar-refractivity contribution in [1.29, 1.82) is 0 Å². The van der Waals surface area contributed by atoms with Crippen molar-refractivity contribution in [1.82, 2.24) is 4.90 Å². The van der Waals surface area contributed by atoms with Crippen LogP contribution in [0.15, 0.2) is 24.3 Å². The minimum absolute atomic E-state index is 0.254. The van der Waals surface area contributed by atoms with Gasteiger partial charge in [0, 0.05) is 18.7 Å². The quantitative estimate of drug-likeness (QED) is 0.795. The maximum Gasteiger partial charge on any atom is 0.317 e. The minimum atomic E-state index is -1.02. The van der Waals surface area contributed by atoms with Crippen LogP contribution in [0.3, 0.4) is 0 Å². The molecule has 1 aliphatic heterocycles. The molecule has 2 aliphatic rings. The van der Waals surface area contributed by atoms with Gasteiger partial charge in [0.2, 0.25) is 5.91 Å². The lowest BCUT2D eigenvalue weighted by atomic mass is 9.78. The normalized spacial score (nSPS) is 21.7. The van der Waals surface area contributed by atoms with Crippen LogP contribution in [-0.2, 0) is 24.5 Å². The molecule has 0 radical (unpaired) electrons. The number of ether oxygens (including phenoxy) is 1. The fraction of sp³-hybridized carbons (Fsp3) is 0.550. The van der Waals surface area contributed by atoms with E-state index >= 15 is 0 Å². The molecule has 0 spiro atoms. The maximum absolute atomic E-state index is 14.3. The van der Waals surface area contributed by atoms with Crippen LogP contribution in [0.4, 0.5) is 4.39 Å². The molecule has 0 unspecified atom stereocenters. The highest BCUT2D eigenvalue weighted by molar-refractivity contribution is 5.87. The van der Waals surface area contributed by atoms with Gasteiger partial charge in [0.1, 0.15) is 5.82 Å². The van der Waals surface area contributed by atoms with Crippen LogP contribution in [-0.4, -0.2) is 42.4 Å². The minimum Gasteiger partial charge on any atom is -0.455 e. The van der Waals surface area contributed by atoms with E-state index in [4.69, 9.17) is 10.5 Å². The van der Waals surface area contributed by atoms with Gasteiger partial charge in [-0.25, -0.2) is 4.39 Å². The Morgan fingerprint density at radius 3 is 2.56 bits per heavy atom. The number of rotatable bonds is 5. The molecule has 1 saturated carbocycles. The Labute approximate surface area is 157 Å². The topological polar surface area (TPSA) is 89.7 Å². The third-order valence-electron chi connectivity index (χ3n) is 5.74. The zero-order valence-electron chi connectivity index (χ0n) is 15.3. The lowest BCUT2D eigenvalue weighted by Crippen LogP contribution is -2.46. The van der Waals surface area contributed by atoms with Crippen LogP contribution in [0.1, 0.15) is 44.1 Å². The number of likely N-dealkylation sites (tertiary alicyclic amines) is 1. The van der Waals surface area contributed by atoms with Gasteiger partial charge in [0.25, 0.3) is 5.91 Å². The van der Waals surface area contributed by atoms with Crippen LogP contribution >= 0.6 is 0 Å². The highest BCUT2D eigenvalue weighted by Gasteiger charge is 2.46. The molecule has 0 bridgehead atoms. The first kappa shape index (κ1) is 19.3. The highest BCUT2D eigenvalue weighted by Crippen LogP contribution is 2.43. The number of hydrogen-bond acceptors (Lipinski definition) is 4. The predicted octanol–water partition coefficient (Wildman–Crippen LogP) is 1.90. The van der Waals surface area contributed by atoms with Gasteiger partial charge in [0.05, 0.1) is 11.3 Å².